The van der Waals surface area contributed by atoms with Crippen LogP contribution in [-0.2, 0) is 16.1 Å². The van der Waals surface area contributed by atoms with Crippen molar-refractivity contribution >= 4 is 35.0 Å². The number of carbonyl (C=O) groups is 2. The monoisotopic (exact) mass is 372 g/mol. The smallest absolute Gasteiger partial charge is 0.243 e. The van der Waals surface area contributed by atoms with Gasteiger partial charge in [0, 0.05) is 34.6 Å². The molecule has 2 atom stereocenters. The van der Waals surface area contributed by atoms with E-state index in [2.05, 4.69) is 5.32 Å². The van der Waals surface area contributed by atoms with Gasteiger partial charge in [-0.3, -0.25) is 9.59 Å². The first kappa shape index (κ1) is 20.8. The van der Waals surface area contributed by atoms with Crippen LogP contribution in [0.5, 0.6) is 0 Å². The van der Waals surface area contributed by atoms with Gasteiger partial charge in [0.15, 0.2) is 0 Å². The predicted octanol–water partition coefficient (Wildman–Crippen LogP) is 4.43. The van der Waals surface area contributed by atoms with E-state index in [1.807, 2.05) is 20.8 Å². The fourth-order valence-corrected chi connectivity index (χ4v) is 2.93. The van der Waals surface area contributed by atoms with Crippen molar-refractivity contribution in [2.24, 2.45) is 0 Å². The van der Waals surface area contributed by atoms with Crippen molar-refractivity contribution in [3.05, 3.63) is 33.8 Å². The summed E-state index contributed by atoms with van der Waals surface area (Å²) in [6.07, 6.45) is 1.67. The van der Waals surface area contributed by atoms with Gasteiger partial charge in [-0.2, -0.15) is 0 Å². The lowest BCUT2D eigenvalue weighted by Gasteiger charge is -2.31. The molecule has 1 rings (SSSR count). The summed E-state index contributed by atoms with van der Waals surface area (Å²) in [5, 5.41) is 3.94. The number of hydrogen-bond donors (Lipinski definition) is 1. The first-order chi connectivity index (χ1) is 11.3. The van der Waals surface area contributed by atoms with Crippen molar-refractivity contribution in [3.63, 3.8) is 0 Å². The third-order valence-electron chi connectivity index (χ3n) is 4.08. The summed E-state index contributed by atoms with van der Waals surface area (Å²) in [5.41, 5.74) is 0.664. The Labute approximate surface area is 154 Å². The minimum absolute atomic E-state index is 0.0639. The number of nitrogens with one attached hydrogen (secondary N) is 1. The molecule has 0 saturated carbocycles. The molecule has 0 aliphatic rings. The molecule has 0 fully saturated rings. The van der Waals surface area contributed by atoms with E-state index < -0.39 is 6.04 Å². The van der Waals surface area contributed by atoms with Crippen molar-refractivity contribution in [2.75, 3.05) is 0 Å². The van der Waals surface area contributed by atoms with E-state index in [1.165, 1.54) is 0 Å². The zero-order valence-electron chi connectivity index (χ0n) is 14.7. The van der Waals surface area contributed by atoms with Crippen molar-refractivity contribution in [3.8, 4) is 0 Å². The highest BCUT2D eigenvalue weighted by atomic mass is 35.5. The molecule has 1 N–H and O–H groups in total. The lowest BCUT2D eigenvalue weighted by Crippen LogP contribution is -2.50. The maximum atomic E-state index is 12.6. The SMILES string of the molecule is CCC(=O)N(Cc1c(Cl)cccc1Cl)[C@@H](CC)C(=O)N[C@@H](C)CC. The standard InChI is InChI=1S/C18H26Cl2N2O2/c1-5-12(4)21-18(24)16(6-2)22(17(23)7-3)11-13-14(19)9-8-10-15(13)20/h8-10,12,16H,5-7,11H2,1-4H3,(H,21,24)/t12-,16-/m0/s1. The summed E-state index contributed by atoms with van der Waals surface area (Å²) in [5.74, 6) is -0.242. The molecule has 4 nitrogen and oxygen atoms in total. The Kier molecular flexibility index (Phi) is 8.57. The number of amides is 2. The summed E-state index contributed by atoms with van der Waals surface area (Å²) < 4.78 is 0. The Morgan fingerprint density at radius 1 is 1.12 bits per heavy atom. The fraction of sp³-hybridized carbons (Fsp3) is 0.556. The average molecular weight is 373 g/mol. The predicted molar refractivity (Wildman–Crippen MR) is 99.3 cm³/mol. The molecule has 2 amide bonds. The molecule has 0 unspecified atom stereocenters. The highest BCUT2D eigenvalue weighted by molar-refractivity contribution is 6.36. The molecule has 6 heteroatoms. The molecule has 1 aromatic rings. The molecular formula is C18H26Cl2N2O2. The highest BCUT2D eigenvalue weighted by Crippen LogP contribution is 2.27. The van der Waals surface area contributed by atoms with Crippen LogP contribution in [-0.4, -0.2) is 28.8 Å². The molecule has 0 aromatic heterocycles. The van der Waals surface area contributed by atoms with E-state index in [1.54, 1.807) is 30.0 Å². The number of hydrogen-bond acceptors (Lipinski definition) is 2. The van der Waals surface area contributed by atoms with Crippen molar-refractivity contribution in [1.82, 2.24) is 10.2 Å². The van der Waals surface area contributed by atoms with Gasteiger partial charge >= 0.3 is 0 Å². The van der Waals surface area contributed by atoms with Gasteiger partial charge < -0.3 is 10.2 Å². The molecular weight excluding hydrogens is 347 g/mol. The number of benzene rings is 1. The third kappa shape index (κ3) is 5.38. The zero-order valence-corrected chi connectivity index (χ0v) is 16.2. The molecule has 0 spiro atoms. The Balaban J connectivity index is 3.10. The maximum absolute atomic E-state index is 12.6. The van der Waals surface area contributed by atoms with Crippen molar-refractivity contribution in [2.45, 2.75) is 65.6 Å². The maximum Gasteiger partial charge on any atom is 0.243 e. The summed E-state index contributed by atoms with van der Waals surface area (Å²) in [6.45, 7) is 7.84. The Morgan fingerprint density at radius 2 is 1.71 bits per heavy atom. The second-order valence-corrected chi connectivity index (χ2v) is 6.63. The highest BCUT2D eigenvalue weighted by Gasteiger charge is 2.29. The largest absolute Gasteiger partial charge is 0.352 e. The minimum atomic E-state index is -0.543. The lowest BCUT2D eigenvalue weighted by molar-refractivity contribution is -0.141. The van der Waals surface area contributed by atoms with Crippen molar-refractivity contribution in [1.29, 1.82) is 0 Å². The normalized spacial score (nSPS) is 13.2. The number of rotatable bonds is 8. The van der Waals surface area contributed by atoms with Gasteiger partial charge in [-0.25, -0.2) is 0 Å². The molecule has 1 aromatic carbocycles. The summed E-state index contributed by atoms with van der Waals surface area (Å²) in [4.78, 5) is 26.6. The van der Waals surface area contributed by atoms with Gasteiger partial charge in [-0.15, -0.1) is 0 Å². The molecule has 0 radical (unpaired) electrons. The lowest BCUT2D eigenvalue weighted by atomic mass is 10.1. The quantitative estimate of drug-likeness (QED) is 0.733. The first-order valence-corrected chi connectivity index (χ1v) is 9.13. The summed E-state index contributed by atoms with van der Waals surface area (Å²) in [6, 6.07) is 4.75. The fourth-order valence-electron chi connectivity index (χ4n) is 2.42. The molecule has 0 heterocycles. The molecule has 0 aliphatic carbocycles. The van der Waals surface area contributed by atoms with E-state index in [0.717, 1.165) is 6.42 Å². The number of halogens is 2. The van der Waals surface area contributed by atoms with Crippen LogP contribution in [0.1, 0.15) is 52.5 Å². The Morgan fingerprint density at radius 3 is 2.17 bits per heavy atom. The average Bonchev–Trinajstić information content (AvgIpc) is 2.56. The second kappa shape index (κ2) is 9.90. The van der Waals surface area contributed by atoms with Gasteiger partial charge in [0.2, 0.25) is 11.8 Å². The van der Waals surface area contributed by atoms with E-state index in [-0.39, 0.29) is 24.4 Å². The van der Waals surface area contributed by atoms with Crippen LogP contribution in [0.3, 0.4) is 0 Å². The first-order valence-electron chi connectivity index (χ1n) is 8.38. The zero-order chi connectivity index (χ0) is 18.3. The van der Waals surface area contributed by atoms with E-state index in [9.17, 15) is 9.59 Å². The van der Waals surface area contributed by atoms with Crippen LogP contribution >= 0.6 is 23.2 Å². The van der Waals surface area contributed by atoms with Gasteiger partial charge in [-0.1, -0.05) is 50.0 Å². The van der Waals surface area contributed by atoms with Crippen LogP contribution in [0.4, 0.5) is 0 Å². The Bertz CT molecular complexity index is 558. The second-order valence-electron chi connectivity index (χ2n) is 5.82. The number of nitrogens with zero attached hydrogens (tertiary/aromatic N) is 1. The van der Waals surface area contributed by atoms with E-state index >= 15 is 0 Å². The van der Waals surface area contributed by atoms with Gasteiger partial charge in [-0.05, 0) is 31.9 Å². The molecule has 0 aliphatic heterocycles. The topological polar surface area (TPSA) is 49.4 Å². The van der Waals surface area contributed by atoms with Crippen LogP contribution in [0.2, 0.25) is 10.0 Å². The van der Waals surface area contributed by atoms with Gasteiger partial charge in [0.05, 0.1) is 0 Å². The van der Waals surface area contributed by atoms with Crippen molar-refractivity contribution < 1.29 is 9.59 Å². The molecule has 24 heavy (non-hydrogen) atoms. The third-order valence-corrected chi connectivity index (χ3v) is 4.79. The molecule has 0 bridgehead atoms. The van der Waals surface area contributed by atoms with Crippen LogP contribution in [0.25, 0.3) is 0 Å². The van der Waals surface area contributed by atoms with Gasteiger partial charge in [0.1, 0.15) is 6.04 Å². The van der Waals surface area contributed by atoms with E-state index in [4.69, 9.17) is 23.2 Å². The molecule has 134 valence electrons. The summed E-state index contributed by atoms with van der Waals surface area (Å²) >= 11 is 12.5. The number of carbonyl (C=O) groups excluding carboxylic acids is 2. The van der Waals surface area contributed by atoms with Crippen LogP contribution in [0.15, 0.2) is 18.2 Å². The van der Waals surface area contributed by atoms with E-state index in [0.29, 0.717) is 28.5 Å². The minimum Gasteiger partial charge on any atom is -0.352 e. The summed E-state index contributed by atoms with van der Waals surface area (Å²) in [7, 11) is 0. The Hall–Kier alpha value is -1.26. The van der Waals surface area contributed by atoms with Gasteiger partial charge in [0.25, 0.3) is 0 Å². The van der Waals surface area contributed by atoms with Crippen LogP contribution < -0.4 is 5.32 Å². The van der Waals surface area contributed by atoms with Crippen LogP contribution in [0, 0.1) is 0 Å². The molecule has 0 saturated heterocycles.